The summed E-state index contributed by atoms with van der Waals surface area (Å²) in [5.74, 6) is 0.707. The van der Waals surface area contributed by atoms with Crippen molar-refractivity contribution in [2.45, 2.75) is 39.2 Å². The van der Waals surface area contributed by atoms with Gasteiger partial charge in [-0.3, -0.25) is 9.69 Å². The van der Waals surface area contributed by atoms with E-state index < -0.39 is 0 Å². The van der Waals surface area contributed by atoms with Crippen molar-refractivity contribution in [2.24, 2.45) is 0 Å². The zero-order chi connectivity index (χ0) is 23.5. The summed E-state index contributed by atoms with van der Waals surface area (Å²) in [4.78, 5) is 26.7. The van der Waals surface area contributed by atoms with Gasteiger partial charge in [0, 0.05) is 50.5 Å². The first-order valence-electron chi connectivity index (χ1n) is 12.1. The molecule has 0 saturated carbocycles. The Morgan fingerprint density at radius 2 is 2.00 bits per heavy atom. The monoisotopic (exact) mass is 458 g/mol. The Hall–Kier alpha value is -2.49. The normalized spacial score (nSPS) is 18.6. The number of hydrogen-bond donors (Lipinski definition) is 2. The number of ether oxygens (including phenoxy) is 2. The van der Waals surface area contributed by atoms with E-state index in [2.05, 4.69) is 44.2 Å². The van der Waals surface area contributed by atoms with Crippen LogP contribution in [0.3, 0.4) is 0 Å². The van der Waals surface area contributed by atoms with Gasteiger partial charge in [-0.1, -0.05) is 26.0 Å². The number of amides is 1. The number of morpholine rings is 1. The van der Waals surface area contributed by atoms with Gasteiger partial charge in [-0.15, -0.1) is 0 Å². The average Bonchev–Trinajstić information content (AvgIpc) is 2.85. The molecule has 2 N–H and O–H groups in total. The first-order chi connectivity index (χ1) is 16.1. The van der Waals surface area contributed by atoms with E-state index in [1.165, 1.54) is 0 Å². The maximum atomic E-state index is 13.0. The van der Waals surface area contributed by atoms with Crippen LogP contribution in [0.5, 0.6) is 5.88 Å². The fourth-order valence-corrected chi connectivity index (χ4v) is 3.82. The van der Waals surface area contributed by atoms with E-state index in [9.17, 15) is 4.79 Å². The van der Waals surface area contributed by atoms with Gasteiger partial charge < -0.3 is 25.0 Å². The number of anilines is 1. The molecule has 2 aliphatic rings. The lowest BCUT2D eigenvalue weighted by Gasteiger charge is -2.26. The first-order valence-corrected chi connectivity index (χ1v) is 12.1. The second kappa shape index (κ2) is 13.3. The van der Waals surface area contributed by atoms with Crippen molar-refractivity contribution in [1.82, 2.24) is 25.5 Å². The lowest BCUT2D eigenvalue weighted by atomic mass is 10.1. The molecule has 1 atom stereocenters. The molecule has 1 saturated heterocycles. The Morgan fingerprint density at radius 1 is 1.24 bits per heavy atom. The second-order valence-corrected chi connectivity index (χ2v) is 8.28. The summed E-state index contributed by atoms with van der Waals surface area (Å²) >= 11 is 0. The maximum absolute atomic E-state index is 13.0. The van der Waals surface area contributed by atoms with Crippen LogP contribution in [0.25, 0.3) is 0 Å². The van der Waals surface area contributed by atoms with Crippen molar-refractivity contribution in [3.63, 3.8) is 0 Å². The van der Waals surface area contributed by atoms with E-state index in [4.69, 9.17) is 9.47 Å². The van der Waals surface area contributed by atoms with Gasteiger partial charge in [-0.2, -0.15) is 4.98 Å². The molecule has 1 amide bonds. The molecule has 182 valence electrons. The van der Waals surface area contributed by atoms with E-state index >= 15 is 0 Å². The van der Waals surface area contributed by atoms with Gasteiger partial charge in [0.05, 0.1) is 13.2 Å². The number of carbonyl (C=O) groups excluding carboxylic acids is 1. The van der Waals surface area contributed by atoms with Gasteiger partial charge in [0.1, 0.15) is 12.3 Å². The molecular weight excluding hydrogens is 420 g/mol. The number of nitrogens with zero attached hydrogens (tertiary/aromatic N) is 4. The molecular formula is C24H38N6O3. The SMILES string of the molecule is CCCN(CCC)c1nc(OCCN2CCOCC2)cc(C(=O)NC2=CCC(NC)C=C2)n1. The molecule has 1 unspecified atom stereocenters. The average molecular weight is 459 g/mol. The van der Waals surface area contributed by atoms with E-state index in [1.807, 2.05) is 25.3 Å². The van der Waals surface area contributed by atoms with Gasteiger partial charge in [-0.05, 0) is 32.4 Å². The van der Waals surface area contributed by atoms with Crippen LogP contribution < -0.4 is 20.3 Å². The van der Waals surface area contributed by atoms with Crippen LogP contribution in [0.1, 0.15) is 43.6 Å². The zero-order valence-electron chi connectivity index (χ0n) is 20.2. The van der Waals surface area contributed by atoms with Crippen molar-refractivity contribution >= 4 is 11.9 Å². The minimum Gasteiger partial charge on any atom is -0.476 e. The van der Waals surface area contributed by atoms with Gasteiger partial charge >= 0.3 is 0 Å². The molecule has 0 radical (unpaired) electrons. The standard InChI is InChI=1S/C24H38N6O3/c1-4-10-30(11-5-2)24-27-21(23(31)26-20-8-6-19(25-3)7-9-20)18-22(28-24)33-17-14-29-12-15-32-16-13-29/h6,8-9,18-19,25H,4-5,7,10-17H2,1-3H3,(H,26,31). The van der Waals surface area contributed by atoms with E-state index in [-0.39, 0.29) is 5.91 Å². The summed E-state index contributed by atoms with van der Waals surface area (Å²) in [5, 5.41) is 6.17. The zero-order valence-corrected chi connectivity index (χ0v) is 20.2. The molecule has 2 heterocycles. The van der Waals surface area contributed by atoms with Crippen molar-refractivity contribution in [1.29, 1.82) is 0 Å². The third-order valence-electron chi connectivity index (χ3n) is 5.68. The largest absolute Gasteiger partial charge is 0.476 e. The molecule has 0 aromatic carbocycles. The molecule has 9 heteroatoms. The van der Waals surface area contributed by atoms with Crippen LogP contribution in [-0.2, 0) is 4.74 Å². The summed E-state index contributed by atoms with van der Waals surface area (Å²) < 4.78 is 11.4. The van der Waals surface area contributed by atoms with Crippen LogP contribution in [0, 0.1) is 0 Å². The molecule has 1 aliphatic heterocycles. The van der Waals surface area contributed by atoms with Crippen LogP contribution >= 0.6 is 0 Å². The van der Waals surface area contributed by atoms with E-state index in [0.717, 1.165) is 70.9 Å². The van der Waals surface area contributed by atoms with E-state index in [1.54, 1.807) is 6.07 Å². The summed E-state index contributed by atoms with van der Waals surface area (Å²) in [7, 11) is 1.92. The third-order valence-corrected chi connectivity index (χ3v) is 5.68. The number of nitrogens with one attached hydrogen (secondary N) is 2. The van der Waals surface area contributed by atoms with Crippen molar-refractivity contribution in [2.75, 3.05) is 64.5 Å². The third kappa shape index (κ3) is 7.80. The molecule has 33 heavy (non-hydrogen) atoms. The first kappa shape index (κ1) is 25.1. The van der Waals surface area contributed by atoms with Crippen molar-refractivity contribution in [3.8, 4) is 5.88 Å². The molecule has 9 nitrogen and oxygen atoms in total. The lowest BCUT2D eigenvalue weighted by Crippen LogP contribution is -2.38. The highest BCUT2D eigenvalue weighted by Crippen LogP contribution is 2.18. The minimum atomic E-state index is -0.261. The smallest absolute Gasteiger partial charge is 0.274 e. The van der Waals surface area contributed by atoms with Gasteiger partial charge in [0.2, 0.25) is 11.8 Å². The molecule has 1 aromatic heterocycles. The Labute approximate surface area is 197 Å². The van der Waals surface area contributed by atoms with Crippen LogP contribution in [0.2, 0.25) is 0 Å². The fourth-order valence-electron chi connectivity index (χ4n) is 3.82. The number of rotatable bonds is 12. The predicted octanol–water partition coefficient (Wildman–Crippen LogP) is 1.98. The Kier molecular flexibility index (Phi) is 10.1. The molecule has 0 bridgehead atoms. The fraction of sp³-hybridized carbons (Fsp3) is 0.625. The number of carbonyl (C=O) groups is 1. The summed E-state index contributed by atoms with van der Waals surface area (Å²) in [6.07, 6.45) is 8.75. The number of aromatic nitrogens is 2. The van der Waals surface area contributed by atoms with E-state index in [0.29, 0.717) is 30.2 Å². The second-order valence-electron chi connectivity index (χ2n) is 8.28. The number of hydrogen-bond acceptors (Lipinski definition) is 8. The molecule has 1 fully saturated rings. The van der Waals surface area contributed by atoms with Gasteiger partial charge in [-0.25, -0.2) is 4.98 Å². The molecule has 3 rings (SSSR count). The molecule has 1 aromatic rings. The van der Waals surface area contributed by atoms with Crippen LogP contribution in [0.15, 0.2) is 30.0 Å². The highest BCUT2D eigenvalue weighted by Gasteiger charge is 2.18. The van der Waals surface area contributed by atoms with Crippen molar-refractivity contribution in [3.05, 3.63) is 35.7 Å². The summed E-state index contributed by atoms with van der Waals surface area (Å²) in [5.41, 5.74) is 1.09. The van der Waals surface area contributed by atoms with Crippen LogP contribution in [0.4, 0.5) is 5.95 Å². The topological polar surface area (TPSA) is 91.8 Å². The Morgan fingerprint density at radius 3 is 2.64 bits per heavy atom. The molecule has 1 aliphatic carbocycles. The van der Waals surface area contributed by atoms with Crippen molar-refractivity contribution < 1.29 is 14.3 Å². The highest BCUT2D eigenvalue weighted by molar-refractivity contribution is 5.94. The predicted molar refractivity (Wildman–Crippen MR) is 130 cm³/mol. The minimum absolute atomic E-state index is 0.261. The van der Waals surface area contributed by atoms with Crippen LogP contribution in [-0.4, -0.2) is 86.4 Å². The Balaban J connectivity index is 1.73. The highest BCUT2D eigenvalue weighted by atomic mass is 16.5. The number of likely N-dealkylation sites (N-methyl/N-ethyl adjacent to an activating group) is 1. The summed E-state index contributed by atoms with van der Waals surface area (Å²) in [6.45, 7) is 10.5. The van der Waals surface area contributed by atoms with Gasteiger partial charge in [0.15, 0.2) is 0 Å². The quantitative estimate of drug-likeness (QED) is 0.491. The van der Waals surface area contributed by atoms with Gasteiger partial charge in [0.25, 0.3) is 5.91 Å². The Bertz CT molecular complexity index is 816. The lowest BCUT2D eigenvalue weighted by molar-refractivity contribution is 0.0320. The molecule has 0 spiro atoms. The number of allylic oxidation sites excluding steroid dienone is 1. The summed E-state index contributed by atoms with van der Waals surface area (Å²) in [6, 6.07) is 1.93. The maximum Gasteiger partial charge on any atom is 0.274 e.